The van der Waals surface area contributed by atoms with E-state index < -0.39 is 0 Å². The zero-order chi connectivity index (χ0) is 19.5. The van der Waals surface area contributed by atoms with Gasteiger partial charge in [0.2, 0.25) is 5.36 Å². The lowest BCUT2D eigenvalue weighted by Crippen LogP contribution is -2.48. The SMILES string of the molecule is CCN1CC[N+](=c2cc(-c3ccc(OC)cc3)oc3ccc(OC)cc23)CC1. The lowest BCUT2D eigenvalue weighted by Gasteiger charge is -2.23. The van der Waals surface area contributed by atoms with E-state index in [4.69, 9.17) is 13.9 Å². The van der Waals surface area contributed by atoms with Gasteiger partial charge in [-0.25, -0.2) is 4.58 Å². The maximum absolute atomic E-state index is 6.26. The highest BCUT2D eigenvalue weighted by Crippen LogP contribution is 2.26. The van der Waals surface area contributed by atoms with Gasteiger partial charge in [0.1, 0.15) is 22.8 Å². The van der Waals surface area contributed by atoms with E-state index in [1.807, 2.05) is 36.4 Å². The topological polar surface area (TPSA) is 37.9 Å². The second-order valence-electron chi connectivity index (χ2n) is 7.01. The molecule has 0 atom stereocenters. The van der Waals surface area contributed by atoms with Crippen LogP contribution in [0, 0.1) is 0 Å². The van der Waals surface area contributed by atoms with Crippen molar-refractivity contribution in [3.8, 4) is 22.8 Å². The van der Waals surface area contributed by atoms with Crippen molar-refractivity contribution in [3.63, 3.8) is 0 Å². The fourth-order valence-electron chi connectivity index (χ4n) is 3.74. The Morgan fingerprint density at radius 2 is 1.61 bits per heavy atom. The predicted molar refractivity (Wildman–Crippen MR) is 112 cm³/mol. The van der Waals surface area contributed by atoms with Gasteiger partial charge in [0, 0.05) is 5.56 Å². The van der Waals surface area contributed by atoms with E-state index in [0.717, 1.165) is 66.5 Å². The van der Waals surface area contributed by atoms with Crippen LogP contribution >= 0.6 is 0 Å². The minimum atomic E-state index is 0.838. The third-order valence-electron chi connectivity index (χ3n) is 5.49. The van der Waals surface area contributed by atoms with E-state index in [-0.39, 0.29) is 0 Å². The molecule has 0 unspecified atom stereocenters. The van der Waals surface area contributed by atoms with Crippen LogP contribution in [0.5, 0.6) is 11.5 Å². The molecule has 5 nitrogen and oxygen atoms in total. The summed E-state index contributed by atoms with van der Waals surface area (Å²) in [5, 5.41) is 2.28. The molecular formula is C23H27N2O3+. The van der Waals surface area contributed by atoms with Crippen LogP contribution in [-0.4, -0.2) is 51.8 Å². The summed E-state index contributed by atoms with van der Waals surface area (Å²) in [5.74, 6) is 2.53. The highest BCUT2D eigenvalue weighted by atomic mass is 16.5. The molecule has 0 spiro atoms. The van der Waals surface area contributed by atoms with Gasteiger partial charge in [0.25, 0.3) is 0 Å². The number of methoxy groups -OCH3 is 2. The van der Waals surface area contributed by atoms with E-state index in [2.05, 4.69) is 28.5 Å². The van der Waals surface area contributed by atoms with Crippen molar-refractivity contribution >= 4 is 11.0 Å². The quantitative estimate of drug-likeness (QED) is 0.653. The van der Waals surface area contributed by atoms with E-state index in [1.54, 1.807) is 14.2 Å². The van der Waals surface area contributed by atoms with Crippen LogP contribution < -0.4 is 19.4 Å². The maximum Gasteiger partial charge on any atom is 0.215 e. The summed E-state index contributed by atoms with van der Waals surface area (Å²) >= 11 is 0. The summed E-state index contributed by atoms with van der Waals surface area (Å²) in [6, 6.07) is 16.2. The van der Waals surface area contributed by atoms with Crippen LogP contribution in [0.1, 0.15) is 6.92 Å². The Balaban J connectivity index is 1.89. The van der Waals surface area contributed by atoms with Crippen LogP contribution in [0.2, 0.25) is 0 Å². The molecular weight excluding hydrogens is 352 g/mol. The Morgan fingerprint density at radius 3 is 2.25 bits per heavy atom. The average molecular weight is 379 g/mol. The van der Waals surface area contributed by atoms with Crippen molar-refractivity contribution < 1.29 is 13.9 Å². The molecule has 1 aliphatic heterocycles. The fourth-order valence-corrected chi connectivity index (χ4v) is 3.74. The summed E-state index contributed by atoms with van der Waals surface area (Å²) in [6.45, 7) is 7.49. The van der Waals surface area contributed by atoms with Gasteiger partial charge in [-0.05, 0) is 49.0 Å². The number of fused-ring (bicyclic) bond motifs is 1. The molecule has 1 saturated heterocycles. The minimum Gasteiger partial charge on any atom is -0.497 e. The molecule has 1 fully saturated rings. The lowest BCUT2D eigenvalue weighted by molar-refractivity contribution is 0.234. The van der Waals surface area contributed by atoms with Crippen molar-refractivity contribution in [2.45, 2.75) is 6.92 Å². The Morgan fingerprint density at radius 1 is 0.929 bits per heavy atom. The molecule has 0 aliphatic carbocycles. The molecule has 1 aliphatic rings. The molecule has 0 amide bonds. The lowest BCUT2D eigenvalue weighted by atomic mass is 10.1. The second-order valence-corrected chi connectivity index (χ2v) is 7.01. The van der Waals surface area contributed by atoms with Gasteiger partial charge in [-0.3, -0.25) is 4.90 Å². The van der Waals surface area contributed by atoms with Gasteiger partial charge >= 0.3 is 0 Å². The fraction of sp³-hybridized carbons (Fsp3) is 0.348. The van der Waals surface area contributed by atoms with Crippen LogP contribution in [0.3, 0.4) is 0 Å². The van der Waals surface area contributed by atoms with Crippen LogP contribution in [0.4, 0.5) is 0 Å². The van der Waals surface area contributed by atoms with E-state index >= 15 is 0 Å². The first-order chi connectivity index (χ1) is 13.7. The Bertz CT molecular complexity index is 1030. The number of benzene rings is 2. The highest BCUT2D eigenvalue weighted by molar-refractivity contribution is 5.80. The molecule has 0 saturated carbocycles. The molecule has 2 aromatic carbocycles. The standard InChI is InChI=1S/C23H27N2O3/c1-4-24-11-13-25(14-12-24)21-16-23(17-5-7-18(26-2)8-6-17)28-22-10-9-19(27-3)15-20(21)22/h5-10,15-16H,4,11-14H2,1-3H3/q+1. The van der Waals surface area contributed by atoms with Crippen molar-refractivity contribution in [3.05, 3.63) is 53.9 Å². The van der Waals surface area contributed by atoms with Gasteiger partial charge in [0.15, 0.2) is 13.1 Å². The third kappa shape index (κ3) is 3.62. The van der Waals surface area contributed by atoms with Gasteiger partial charge in [-0.1, -0.05) is 6.92 Å². The summed E-state index contributed by atoms with van der Waals surface area (Å²) in [4.78, 5) is 2.48. The smallest absolute Gasteiger partial charge is 0.215 e. The third-order valence-corrected chi connectivity index (χ3v) is 5.49. The summed E-state index contributed by atoms with van der Waals surface area (Å²) in [6.07, 6.45) is 0. The number of piperazine rings is 1. The largest absolute Gasteiger partial charge is 0.497 e. The first kappa shape index (κ1) is 18.6. The molecule has 0 N–H and O–H groups in total. The Hall–Kier alpha value is -2.79. The van der Waals surface area contributed by atoms with Crippen molar-refractivity contribution in [1.82, 2.24) is 9.48 Å². The number of hydrogen-bond donors (Lipinski definition) is 0. The van der Waals surface area contributed by atoms with Crippen molar-refractivity contribution in [2.75, 3.05) is 46.9 Å². The van der Waals surface area contributed by atoms with Gasteiger partial charge in [0.05, 0.1) is 38.8 Å². The highest BCUT2D eigenvalue weighted by Gasteiger charge is 2.20. The molecule has 3 aromatic rings. The number of ether oxygens (including phenoxy) is 2. The molecule has 0 radical (unpaired) electrons. The van der Waals surface area contributed by atoms with Crippen molar-refractivity contribution in [1.29, 1.82) is 0 Å². The first-order valence-corrected chi connectivity index (χ1v) is 9.78. The second kappa shape index (κ2) is 8.07. The van der Waals surface area contributed by atoms with Gasteiger partial charge in [-0.15, -0.1) is 0 Å². The Kier molecular flexibility index (Phi) is 5.35. The van der Waals surface area contributed by atoms with Crippen LogP contribution in [0.25, 0.3) is 22.3 Å². The molecule has 28 heavy (non-hydrogen) atoms. The minimum absolute atomic E-state index is 0.838. The zero-order valence-electron chi connectivity index (χ0n) is 16.8. The Labute approximate surface area is 165 Å². The molecule has 4 rings (SSSR count). The van der Waals surface area contributed by atoms with Gasteiger partial charge in [-0.2, -0.15) is 0 Å². The number of likely N-dealkylation sites (N-methyl/N-ethyl adjacent to an activating group) is 1. The van der Waals surface area contributed by atoms with E-state index in [1.165, 1.54) is 5.36 Å². The molecule has 0 bridgehead atoms. The number of hydrogen-bond acceptors (Lipinski definition) is 4. The molecule has 5 heteroatoms. The molecule has 2 heterocycles. The summed E-state index contributed by atoms with van der Waals surface area (Å²) < 4.78 is 19.5. The monoisotopic (exact) mass is 379 g/mol. The first-order valence-electron chi connectivity index (χ1n) is 9.78. The van der Waals surface area contributed by atoms with Crippen LogP contribution in [-0.2, 0) is 0 Å². The number of rotatable bonds is 4. The average Bonchev–Trinajstić information content (AvgIpc) is 2.78. The van der Waals surface area contributed by atoms with Crippen LogP contribution in [0.15, 0.2) is 52.9 Å². The van der Waals surface area contributed by atoms with Crippen molar-refractivity contribution in [2.24, 2.45) is 0 Å². The number of nitrogens with zero attached hydrogens (tertiary/aromatic N) is 2. The van der Waals surface area contributed by atoms with E-state index in [0.29, 0.717) is 0 Å². The maximum atomic E-state index is 6.26. The van der Waals surface area contributed by atoms with Gasteiger partial charge < -0.3 is 13.9 Å². The summed E-state index contributed by atoms with van der Waals surface area (Å²) in [5.41, 5.74) is 1.90. The summed E-state index contributed by atoms with van der Waals surface area (Å²) in [7, 11) is 3.38. The normalized spacial score (nSPS) is 15.0. The van der Waals surface area contributed by atoms with E-state index in [9.17, 15) is 0 Å². The molecule has 1 aromatic heterocycles. The molecule has 146 valence electrons. The predicted octanol–water partition coefficient (Wildman–Crippen LogP) is 3.22. The zero-order valence-corrected chi connectivity index (χ0v) is 16.8.